The molecule has 2 aromatic carbocycles. The molecule has 0 bridgehead atoms. The lowest BCUT2D eigenvalue weighted by atomic mass is 10.2. The van der Waals surface area contributed by atoms with Crippen molar-refractivity contribution in [2.75, 3.05) is 30.3 Å². The molecule has 7 nitrogen and oxygen atoms in total. The average Bonchev–Trinajstić information content (AvgIpc) is 3.40. The van der Waals surface area contributed by atoms with Crippen molar-refractivity contribution in [3.63, 3.8) is 0 Å². The molecule has 2 heterocycles. The largest absolute Gasteiger partial charge is 0.337 e. The van der Waals surface area contributed by atoms with Crippen LogP contribution in [0.25, 0.3) is 11.3 Å². The summed E-state index contributed by atoms with van der Waals surface area (Å²) < 4.78 is 13.9. The van der Waals surface area contributed by atoms with Crippen LogP contribution in [0.15, 0.2) is 53.9 Å². The van der Waals surface area contributed by atoms with E-state index >= 15 is 0 Å². The first-order valence-electron chi connectivity index (χ1n) is 9.25. The van der Waals surface area contributed by atoms with Crippen molar-refractivity contribution in [2.24, 2.45) is 5.92 Å². The molecule has 0 atom stereocenters. The molecule has 0 spiro atoms. The third-order valence-electron chi connectivity index (χ3n) is 4.51. The van der Waals surface area contributed by atoms with Gasteiger partial charge in [-0.2, -0.15) is 0 Å². The summed E-state index contributed by atoms with van der Waals surface area (Å²) in [6, 6.07) is 13.7. The van der Waals surface area contributed by atoms with Gasteiger partial charge in [0.25, 0.3) is 0 Å². The van der Waals surface area contributed by atoms with Gasteiger partial charge in [-0.1, -0.05) is 12.1 Å². The van der Waals surface area contributed by atoms with Crippen LogP contribution in [-0.2, 0) is 0 Å². The molecule has 0 unspecified atom stereocenters. The minimum absolute atomic E-state index is 0.230. The lowest BCUT2D eigenvalue weighted by Crippen LogP contribution is -2.34. The highest BCUT2D eigenvalue weighted by Gasteiger charge is 2.14. The van der Waals surface area contributed by atoms with E-state index in [1.807, 2.05) is 29.6 Å². The Bertz CT molecular complexity index is 971. The summed E-state index contributed by atoms with van der Waals surface area (Å²) >= 11 is 1.40. The van der Waals surface area contributed by atoms with Gasteiger partial charge < -0.3 is 16.0 Å². The molecule has 1 aliphatic rings. The molecule has 9 heteroatoms. The van der Waals surface area contributed by atoms with Crippen LogP contribution >= 0.6 is 11.3 Å². The Hall–Kier alpha value is -3.01. The predicted octanol–water partition coefficient (Wildman–Crippen LogP) is 3.54. The van der Waals surface area contributed by atoms with Crippen molar-refractivity contribution in [3.8, 4) is 11.3 Å². The fraction of sp³-hybridized carbons (Fsp3) is 0.200. The number of hydrogen-bond donors (Lipinski definition) is 5. The molecule has 1 aliphatic heterocycles. The summed E-state index contributed by atoms with van der Waals surface area (Å²) in [5.41, 5.74) is 8.67. The van der Waals surface area contributed by atoms with Crippen molar-refractivity contribution < 1.29 is 9.18 Å². The Morgan fingerprint density at radius 1 is 1.10 bits per heavy atom. The lowest BCUT2D eigenvalue weighted by molar-refractivity contribution is 0.250. The minimum Gasteiger partial charge on any atom is -0.337 e. The summed E-state index contributed by atoms with van der Waals surface area (Å²) in [5, 5.41) is 11.4. The number of nitrogens with one attached hydrogen (secondary N) is 5. The summed E-state index contributed by atoms with van der Waals surface area (Å²) in [6.45, 7) is 2.30. The van der Waals surface area contributed by atoms with Gasteiger partial charge in [0.05, 0.1) is 5.69 Å². The number of nitrogens with zero attached hydrogens (tertiary/aromatic N) is 1. The van der Waals surface area contributed by atoms with Crippen LogP contribution in [0.3, 0.4) is 0 Å². The first-order valence-corrected chi connectivity index (χ1v) is 10.1. The SMILES string of the molecule is O=C(NCC1CNNC1)Nc1ccc(Nc2nc(-c3ccccc3F)cs2)cc1. The molecule has 0 saturated carbocycles. The summed E-state index contributed by atoms with van der Waals surface area (Å²) in [5.74, 6) is 0.0957. The third kappa shape index (κ3) is 5.08. The Labute approximate surface area is 171 Å². The Balaban J connectivity index is 1.31. The number of carbonyl (C=O) groups excluding carboxylic acids is 1. The predicted molar refractivity (Wildman–Crippen MR) is 114 cm³/mol. The molecule has 0 radical (unpaired) electrons. The standard InChI is InChI=1S/C20H21FN6OS/c21-17-4-2-1-3-16(17)18-12-29-20(27-18)26-15-7-5-14(6-8-15)25-19(28)22-9-13-10-23-24-11-13/h1-8,12-13,23-24H,9-11H2,(H,26,27)(H2,22,25,28). The van der Waals surface area contributed by atoms with Gasteiger partial charge in [-0.25, -0.2) is 14.2 Å². The summed E-state index contributed by atoms with van der Waals surface area (Å²) in [7, 11) is 0. The summed E-state index contributed by atoms with van der Waals surface area (Å²) in [4.78, 5) is 16.4. The number of hydrazine groups is 1. The van der Waals surface area contributed by atoms with Gasteiger partial charge in [-0.15, -0.1) is 11.3 Å². The smallest absolute Gasteiger partial charge is 0.319 e. The number of anilines is 3. The lowest BCUT2D eigenvalue weighted by Gasteiger charge is -2.11. The highest BCUT2D eigenvalue weighted by molar-refractivity contribution is 7.14. The van der Waals surface area contributed by atoms with Crippen molar-refractivity contribution in [1.29, 1.82) is 0 Å². The van der Waals surface area contributed by atoms with Gasteiger partial charge in [0.2, 0.25) is 0 Å². The van der Waals surface area contributed by atoms with E-state index in [1.165, 1.54) is 17.4 Å². The van der Waals surface area contributed by atoms with E-state index in [0.717, 1.165) is 18.8 Å². The second kappa shape index (κ2) is 8.99. The number of halogens is 1. The van der Waals surface area contributed by atoms with Crippen LogP contribution < -0.4 is 26.8 Å². The molecule has 4 rings (SSSR count). The van der Waals surface area contributed by atoms with Crippen LogP contribution in [0.5, 0.6) is 0 Å². The van der Waals surface area contributed by atoms with Crippen LogP contribution in [0, 0.1) is 11.7 Å². The molecule has 1 aromatic heterocycles. The van der Waals surface area contributed by atoms with Crippen molar-refractivity contribution in [3.05, 3.63) is 59.7 Å². The maximum absolute atomic E-state index is 13.9. The fourth-order valence-corrected chi connectivity index (χ4v) is 3.68. The number of benzene rings is 2. The molecule has 2 amide bonds. The molecule has 5 N–H and O–H groups in total. The first kappa shape index (κ1) is 19.3. The Kier molecular flexibility index (Phi) is 5.99. The second-order valence-corrected chi connectivity index (χ2v) is 7.54. The second-order valence-electron chi connectivity index (χ2n) is 6.68. The summed E-state index contributed by atoms with van der Waals surface area (Å²) in [6.07, 6.45) is 0. The normalized spacial score (nSPS) is 14.0. The van der Waals surface area contributed by atoms with Gasteiger partial charge in [0.15, 0.2) is 5.13 Å². The molecular formula is C20H21FN6OS. The van der Waals surface area contributed by atoms with Crippen LogP contribution in [0.2, 0.25) is 0 Å². The maximum atomic E-state index is 13.9. The van der Waals surface area contributed by atoms with Gasteiger partial charge in [0, 0.05) is 47.9 Å². The maximum Gasteiger partial charge on any atom is 0.319 e. The molecule has 3 aromatic rings. The zero-order chi connectivity index (χ0) is 20.1. The number of hydrogen-bond acceptors (Lipinski definition) is 6. The highest BCUT2D eigenvalue weighted by atomic mass is 32.1. The molecule has 1 fully saturated rings. The van der Waals surface area contributed by atoms with Crippen LogP contribution in [-0.4, -0.2) is 30.6 Å². The van der Waals surface area contributed by atoms with E-state index < -0.39 is 0 Å². The minimum atomic E-state index is -0.293. The fourth-order valence-electron chi connectivity index (χ4n) is 2.95. The number of carbonyl (C=O) groups is 1. The van der Waals surface area contributed by atoms with E-state index in [1.54, 1.807) is 18.2 Å². The molecule has 1 saturated heterocycles. The number of amides is 2. The van der Waals surface area contributed by atoms with E-state index in [0.29, 0.717) is 34.5 Å². The van der Waals surface area contributed by atoms with Gasteiger partial charge >= 0.3 is 6.03 Å². The molecule has 29 heavy (non-hydrogen) atoms. The van der Waals surface area contributed by atoms with Gasteiger partial charge in [-0.3, -0.25) is 10.9 Å². The van der Waals surface area contributed by atoms with Crippen LogP contribution in [0.4, 0.5) is 25.7 Å². The topological polar surface area (TPSA) is 90.1 Å². The van der Waals surface area contributed by atoms with E-state index in [-0.39, 0.29) is 11.8 Å². The first-order chi connectivity index (χ1) is 14.2. The quantitative estimate of drug-likeness (QED) is 0.427. The number of urea groups is 1. The number of thiazole rings is 1. The molecule has 0 aliphatic carbocycles. The van der Waals surface area contributed by atoms with Crippen molar-refractivity contribution >= 4 is 33.9 Å². The zero-order valence-electron chi connectivity index (χ0n) is 15.5. The monoisotopic (exact) mass is 412 g/mol. The molecular weight excluding hydrogens is 391 g/mol. The van der Waals surface area contributed by atoms with Crippen LogP contribution in [0.1, 0.15) is 0 Å². The number of rotatable bonds is 6. The van der Waals surface area contributed by atoms with E-state index in [2.05, 4.69) is 31.8 Å². The Morgan fingerprint density at radius 2 is 1.83 bits per heavy atom. The van der Waals surface area contributed by atoms with Crippen molar-refractivity contribution in [2.45, 2.75) is 0 Å². The van der Waals surface area contributed by atoms with E-state index in [9.17, 15) is 9.18 Å². The van der Waals surface area contributed by atoms with Crippen molar-refractivity contribution in [1.82, 2.24) is 21.2 Å². The van der Waals surface area contributed by atoms with E-state index in [4.69, 9.17) is 0 Å². The third-order valence-corrected chi connectivity index (χ3v) is 5.26. The highest BCUT2D eigenvalue weighted by Crippen LogP contribution is 2.28. The van der Waals surface area contributed by atoms with Gasteiger partial charge in [0.1, 0.15) is 5.82 Å². The zero-order valence-corrected chi connectivity index (χ0v) is 16.4. The Morgan fingerprint density at radius 3 is 2.59 bits per heavy atom. The average molecular weight is 412 g/mol. The molecule has 150 valence electrons. The van der Waals surface area contributed by atoms with Gasteiger partial charge in [-0.05, 0) is 36.4 Å². The number of aromatic nitrogens is 1.